The quantitative estimate of drug-likeness (QED) is 0.511. The van der Waals surface area contributed by atoms with Gasteiger partial charge in [0.25, 0.3) is 0 Å². The Hall–Kier alpha value is 0. The van der Waals surface area contributed by atoms with Gasteiger partial charge in [-0.2, -0.15) is 0 Å². The van der Waals surface area contributed by atoms with Crippen molar-refractivity contribution in [1.82, 2.24) is 0 Å². The van der Waals surface area contributed by atoms with E-state index in [4.69, 9.17) is 0 Å². The highest BCUT2D eigenvalue weighted by molar-refractivity contribution is 5.37. The Morgan fingerprint density at radius 1 is 1.06 bits per heavy atom. The molecule has 0 bridgehead atoms. The SMILES string of the molecule is CCCCCCCC1CC1C1C2CC23C(CC)C13. The normalized spacial score (nSPS) is 54.3. The first-order valence-electron chi connectivity index (χ1n) is 8.84. The third-order valence-corrected chi connectivity index (χ3v) is 7.21. The molecule has 7 atom stereocenters. The predicted molar refractivity (Wildman–Crippen MR) is 76.3 cm³/mol. The van der Waals surface area contributed by atoms with E-state index in [9.17, 15) is 0 Å². The molecule has 102 valence electrons. The largest absolute Gasteiger partial charge is 0.0654 e. The Bertz CT molecular complexity index is 333. The molecule has 7 unspecified atom stereocenters. The summed E-state index contributed by atoms with van der Waals surface area (Å²) in [7, 11) is 0. The van der Waals surface area contributed by atoms with Gasteiger partial charge >= 0.3 is 0 Å². The van der Waals surface area contributed by atoms with Crippen molar-refractivity contribution < 1.29 is 0 Å². The molecule has 0 radical (unpaired) electrons. The zero-order chi connectivity index (χ0) is 12.3. The Morgan fingerprint density at radius 3 is 2.61 bits per heavy atom. The summed E-state index contributed by atoms with van der Waals surface area (Å²) in [5.41, 5.74) is 0.994. The number of hydrogen-bond acceptors (Lipinski definition) is 0. The lowest BCUT2D eigenvalue weighted by molar-refractivity contribution is 0.225. The van der Waals surface area contributed by atoms with Crippen molar-refractivity contribution in [2.24, 2.45) is 40.9 Å². The van der Waals surface area contributed by atoms with Crippen molar-refractivity contribution in [3.8, 4) is 0 Å². The van der Waals surface area contributed by atoms with Crippen LogP contribution in [0.3, 0.4) is 0 Å². The van der Waals surface area contributed by atoms with Crippen LogP contribution in [0.5, 0.6) is 0 Å². The van der Waals surface area contributed by atoms with Crippen molar-refractivity contribution in [3.05, 3.63) is 0 Å². The van der Waals surface area contributed by atoms with Gasteiger partial charge in [0, 0.05) is 0 Å². The lowest BCUT2D eigenvalue weighted by Gasteiger charge is -2.24. The third kappa shape index (κ3) is 1.44. The molecule has 4 fully saturated rings. The molecule has 0 amide bonds. The van der Waals surface area contributed by atoms with Crippen LogP contribution in [-0.2, 0) is 0 Å². The first-order chi connectivity index (χ1) is 8.84. The van der Waals surface area contributed by atoms with Gasteiger partial charge in [0.2, 0.25) is 0 Å². The number of hydrogen-bond donors (Lipinski definition) is 0. The maximum absolute atomic E-state index is 2.43. The summed E-state index contributed by atoms with van der Waals surface area (Å²) in [6, 6.07) is 0. The third-order valence-electron chi connectivity index (χ3n) is 7.21. The molecule has 4 aliphatic carbocycles. The molecule has 0 aromatic carbocycles. The zero-order valence-corrected chi connectivity index (χ0v) is 12.3. The number of unbranched alkanes of at least 4 members (excludes halogenated alkanes) is 4. The lowest BCUT2D eigenvalue weighted by atomic mass is 9.80. The van der Waals surface area contributed by atoms with Crippen molar-refractivity contribution in [3.63, 3.8) is 0 Å². The Morgan fingerprint density at radius 2 is 1.89 bits per heavy atom. The maximum atomic E-state index is 2.43. The van der Waals surface area contributed by atoms with E-state index in [1.807, 2.05) is 0 Å². The van der Waals surface area contributed by atoms with Crippen LogP contribution in [0.2, 0.25) is 0 Å². The van der Waals surface area contributed by atoms with Gasteiger partial charge in [-0.15, -0.1) is 0 Å². The fourth-order valence-electron chi connectivity index (χ4n) is 6.24. The number of rotatable bonds is 8. The summed E-state index contributed by atoms with van der Waals surface area (Å²) in [5, 5.41) is 0. The smallest absolute Gasteiger partial charge is 0.0198 e. The van der Waals surface area contributed by atoms with Crippen LogP contribution < -0.4 is 0 Å². The van der Waals surface area contributed by atoms with Crippen molar-refractivity contribution in [2.45, 2.75) is 71.6 Å². The molecule has 4 rings (SSSR count). The van der Waals surface area contributed by atoms with E-state index < -0.39 is 0 Å². The van der Waals surface area contributed by atoms with Gasteiger partial charge < -0.3 is 0 Å². The standard InChI is InChI=1S/C18H30/c1-3-5-6-7-8-9-12-10-13(12)16-15-11-18(15)14(4-2)17(16)18/h12-17H,3-11H2,1-2H3. The van der Waals surface area contributed by atoms with Crippen molar-refractivity contribution >= 4 is 0 Å². The summed E-state index contributed by atoms with van der Waals surface area (Å²) in [5.74, 6) is 7.28. The van der Waals surface area contributed by atoms with Crippen LogP contribution in [0.15, 0.2) is 0 Å². The van der Waals surface area contributed by atoms with Gasteiger partial charge in [0.15, 0.2) is 0 Å². The Balaban J connectivity index is 1.17. The molecule has 0 heteroatoms. The summed E-state index contributed by atoms with van der Waals surface area (Å²) >= 11 is 0. The van der Waals surface area contributed by atoms with Crippen LogP contribution in [0.1, 0.15) is 71.6 Å². The van der Waals surface area contributed by atoms with E-state index in [1.165, 1.54) is 74.0 Å². The highest BCUT2D eigenvalue weighted by Gasteiger charge is 2.90. The van der Waals surface area contributed by atoms with E-state index in [0.717, 1.165) is 5.41 Å². The summed E-state index contributed by atoms with van der Waals surface area (Å²) < 4.78 is 0. The van der Waals surface area contributed by atoms with Crippen molar-refractivity contribution in [2.75, 3.05) is 0 Å². The molecule has 0 nitrogen and oxygen atoms in total. The minimum atomic E-state index is 0.994. The fourth-order valence-corrected chi connectivity index (χ4v) is 6.24. The minimum absolute atomic E-state index is 0.994. The van der Waals surface area contributed by atoms with E-state index in [2.05, 4.69) is 13.8 Å². The van der Waals surface area contributed by atoms with Gasteiger partial charge in [-0.25, -0.2) is 0 Å². The monoisotopic (exact) mass is 246 g/mol. The van der Waals surface area contributed by atoms with Gasteiger partial charge in [-0.3, -0.25) is 0 Å². The van der Waals surface area contributed by atoms with Gasteiger partial charge in [0.1, 0.15) is 0 Å². The average Bonchev–Trinajstić information content (AvgIpc) is 3.32. The van der Waals surface area contributed by atoms with Gasteiger partial charge in [0.05, 0.1) is 0 Å². The topological polar surface area (TPSA) is 0 Å². The molecule has 18 heavy (non-hydrogen) atoms. The molecular weight excluding hydrogens is 216 g/mol. The zero-order valence-electron chi connectivity index (χ0n) is 12.3. The fraction of sp³-hybridized carbons (Fsp3) is 1.00. The van der Waals surface area contributed by atoms with Crippen LogP contribution >= 0.6 is 0 Å². The van der Waals surface area contributed by atoms with Crippen LogP contribution in [-0.4, -0.2) is 0 Å². The molecule has 0 aromatic heterocycles. The summed E-state index contributed by atoms with van der Waals surface area (Å²) in [6.07, 6.45) is 13.7. The van der Waals surface area contributed by atoms with Gasteiger partial charge in [-0.1, -0.05) is 58.8 Å². The molecular formula is C18H30. The second-order valence-corrected chi connectivity index (χ2v) is 7.90. The second-order valence-electron chi connectivity index (χ2n) is 7.90. The molecule has 0 aliphatic heterocycles. The Kier molecular flexibility index (Phi) is 2.62. The van der Waals surface area contributed by atoms with Crippen LogP contribution in [0.25, 0.3) is 0 Å². The maximum Gasteiger partial charge on any atom is -0.0198 e. The summed E-state index contributed by atoms with van der Waals surface area (Å²) in [6.45, 7) is 4.75. The van der Waals surface area contributed by atoms with Crippen molar-refractivity contribution in [1.29, 1.82) is 0 Å². The summed E-state index contributed by atoms with van der Waals surface area (Å²) in [4.78, 5) is 0. The predicted octanol–water partition coefficient (Wildman–Crippen LogP) is 5.28. The highest BCUT2D eigenvalue weighted by atomic mass is 14.9. The molecule has 0 heterocycles. The van der Waals surface area contributed by atoms with E-state index >= 15 is 0 Å². The first kappa shape index (κ1) is 11.8. The molecule has 0 saturated heterocycles. The molecule has 0 aromatic rings. The average molecular weight is 246 g/mol. The Labute approximate surface area is 113 Å². The van der Waals surface area contributed by atoms with Crippen LogP contribution in [0.4, 0.5) is 0 Å². The van der Waals surface area contributed by atoms with E-state index in [1.54, 1.807) is 19.3 Å². The molecule has 0 N–H and O–H groups in total. The van der Waals surface area contributed by atoms with Gasteiger partial charge in [-0.05, 0) is 53.8 Å². The van der Waals surface area contributed by atoms with Crippen LogP contribution in [0, 0.1) is 40.9 Å². The molecule has 4 aliphatic rings. The molecule has 1 spiro atoms. The van der Waals surface area contributed by atoms with E-state index in [-0.39, 0.29) is 0 Å². The minimum Gasteiger partial charge on any atom is -0.0654 e. The van der Waals surface area contributed by atoms with E-state index in [0.29, 0.717) is 0 Å². The first-order valence-corrected chi connectivity index (χ1v) is 8.84. The highest BCUT2D eigenvalue weighted by Crippen LogP contribution is 2.95. The molecule has 4 saturated carbocycles. The second kappa shape index (κ2) is 4.00. The lowest BCUT2D eigenvalue weighted by Crippen LogP contribution is -2.21.